The molecule has 0 aliphatic heterocycles. The van der Waals surface area contributed by atoms with Gasteiger partial charge < -0.3 is 4.74 Å². The Morgan fingerprint density at radius 3 is 2.71 bits per heavy atom. The molecule has 0 saturated carbocycles. The van der Waals surface area contributed by atoms with E-state index in [2.05, 4.69) is 4.98 Å². The van der Waals surface area contributed by atoms with Gasteiger partial charge in [-0.2, -0.15) is 5.26 Å². The lowest BCUT2D eigenvalue weighted by Crippen LogP contribution is -2.01. The zero-order chi connectivity index (χ0) is 15.1. The largest absolute Gasteiger partial charge is 0.493 e. The molecule has 6 heteroatoms. The fourth-order valence-corrected chi connectivity index (χ4v) is 1.86. The predicted molar refractivity (Wildman–Crippen MR) is 75.9 cm³/mol. The van der Waals surface area contributed by atoms with Gasteiger partial charge in [-0.15, -0.1) is 0 Å². The molecule has 0 radical (unpaired) electrons. The van der Waals surface area contributed by atoms with Gasteiger partial charge in [0.1, 0.15) is 17.4 Å². The molecular weight excluding hydrogens is 270 g/mol. The molecule has 0 N–H and O–H groups in total. The number of nitriles is 1. The van der Waals surface area contributed by atoms with E-state index in [0.717, 1.165) is 12.8 Å². The molecule has 1 heterocycles. The van der Waals surface area contributed by atoms with Crippen LogP contribution in [0.5, 0.6) is 5.75 Å². The van der Waals surface area contributed by atoms with Gasteiger partial charge in [0.2, 0.25) is 0 Å². The highest BCUT2D eigenvalue weighted by Crippen LogP contribution is 2.24. The maximum absolute atomic E-state index is 10.8. The number of aromatic nitrogens is 1. The molecule has 0 unspecified atom stereocenters. The van der Waals surface area contributed by atoms with Crippen LogP contribution in [-0.2, 0) is 6.42 Å². The Morgan fingerprint density at radius 1 is 1.29 bits per heavy atom. The molecule has 2 rings (SSSR count). The third kappa shape index (κ3) is 4.01. The average molecular weight is 283 g/mol. The van der Waals surface area contributed by atoms with Crippen LogP contribution < -0.4 is 4.74 Å². The molecule has 6 nitrogen and oxygen atoms in total. The lowest BCUT2D eigenvalue weighted by atomic mass is 10.1. The molecule has 0 atom stereocenters. The van der Waals surface area contributed by atoms with Crippen molar-refractivity contribution in [3.8, 4) is 11.8 Å². The SMILES string of the molecule is N#Cc1ccc(OCCCc2ccncc2)cc1[N+](=O)[O-]. The van der Waals surface area contributed by atoms with Crippen LogP contribution in [0.25, 0.3) is 0 Å². The lowest BCUT2D eigenvalue weighted by Gasteiger charge is -2.06. The summed E-state index contributed by atoms with van der Waals surface area (Å²) in [5.41, 5.74) is 0.965. The number of hydrogen-bond donors (Lipinski definition) is 0. The summed E-state index contributed by atoms with van der Waals surface area (Å²) in [4.78, 5) is 14.2. The number of nitro groups is 1. The summed E-state index contributed by atoms with van der Waals surface area (Å²) in [5.74, 6) is 0.399. The van der Waals surface area contributed by atoms with Crippen LogP contribution in [0.4, 0.5) is 5.69 Å². The molecule has 0 bridgehead atoms. The van der Waals surface area contributed by atoms with E-state index in [0.29, 0.717) is 12.4 Å². The van der Waals surface area contributed by atoms with E-state index in [4.69, 9.17) is 10.00 Å². The number of benzene rings is 1. The second kappa shape index (κ2) is 7.01. The number of nitro benzene ring substituents is 1. The van der Waals surface area contributed by atoms with E-state index in [1.807, 2.05) is 12.1 Å². The minimum absolute atomic E-state index is 0.0316. The van der Waals surface area contributed by atoms with Crippen molar-refractivity contribution in [2.24, 2.45) is 0 Å². The third-order valence-electron chi connectivity index (χ3n) is 2.91. The second-order valence-electron chi connectivity index (χ2n) is 4.36. The van der Waals surface area contributed by atoms with Gasteiger partial charge in [-0.3, -0.25) is 15.1 Å². The number of aryl methyl sites for hydroxylation is 1. The number of hydrogen-bond acceptors (Lipinski definition) is 5. The smallest absolute Gasteiger partial charge is 0.290 e. The van der Waals surface area contributed by atoms with E-state index >= 15 is 0 Å². The van der Waals surface area contributed by atoms with Crippen LogP contribution >= 0.6 is 0 Å². The van der Waals surface area contributed by atoms with Crippen LogP contribution in [0, 0.1) is 21.4 Å². The van der Waals surface area contributed by atoms with Crippen molar-refractivity contribution < 1.29 is 9.66 Å². The van der Waals surface area contributed by atoms with Gasteiger partial charge in [-0.1, -0.05) is 0 Å². The topological polar surface area (TPSA) is 89.0 Å². The summed E-state index contributed by atoms with van der Waals surface area (Å²) in [6.07, 6.45) is 5.11. The first-order chi connectivity index (χ1) is 10.2. The summed E-state index contributed by atoms with van der Waals surface area (Å²) in [5, 5.41) is 19.6. The Bertz CT molecular complexity index is 666. The fraction of sp³-hybridized carbons (Fsp3) is 0.200. The van der Waals surface area contributed by atoms with Crippen LogP contribution in [0.15, 0.2) is 42.7 Å². The molecule has 1 aromatic carbocycles. The monoisotopic (exact) mass is 283 g/mol. The summed E-state index contributed by atoms with van der Waals surface area (Å²) < 4.78 is 5.49. The summed E-state index contributed by atoms with van der Waals surface area (Å²) in [6.45, 7) is 0.450. The van der Waals surface area contributed by atoms with Crippen LogP contribution in [0.1, 0.15) is 17.5 Å². The van der Waals surface area contributed by atoms with Crippen molar-refractivity contribution in [1.82, 2.24) is 4.98 Å². The van der Waals surface area contributed by atoms with Gasteiger partial charge in [0, 0.05) is 12.4 Å². The Balaban J connectivity index is 1.90. The van der Waals surface area contributed by atoms with E-state index in [1.54, 1.807) is 24.5 Å². The van der Waals surface area contributed by atoms with Crippen molar-refractivity contribution >= 4 is 5.69 Å². The van der Waals surface area contributed by atoms with Gasteiger partial charge in [0.15, 0.2) is 0 Å². The Labute approximate surface area is 121 Å². The molecule has 21 heavy (non-hydrogen) atoms. The van der Waals surface area contributed by atoms with Crippen molar-refractivity contribution in [2.75, 3.05) is 6.61 Å². The molecule has 0 aliphatic rings. The molecular formula is C15H13N3O3. The molecule has 0 amide bonds. The highest BCUT2D eigenvalue weighted by molar-refractivity contribution is 5.52. The van der Waals surface area contributed by atoms with Crippen LogP contribution in [-0.4, -0.2) is 16.5 Å². The quantitative estimate of drug-likeness (QED) is 0.462. The van der Waals surface area contributed by atoms with E-state index < -0.39 is 4.92 Å². The van der Waals surface area contributed by atoms with Crippen LogP contribution in [0.3, 0.4) is 0 Å². The molecule has 2 aromatic rings. The second-order valence-corrected chi connectivity index (χ2v) is 4.36. The first-order valence-corrected chi connectivity index (χ1v) is 6.41. The van der Waals surface area contributed by atoms with E-state index in [1.165, 1.54) is 17.7 Å². The summed E-state index contributed by atoms with van der Waals surface area (Å²) in [6, 6.07) is 9.91. The standard InChI is InChI=1S/C15H13N3O3/c16-11-13-3-4-14(10-15(13)18(19)20)21-9-1-2-12-5-7-17-8-6-12/h3-8,10H,1-2,9H2. The van der Waals surface area contributed by atoms with Gasteiger partial charge >= 0.3 is 0 Å². The van der Waals surface area contributed by atoms with Gasteiger partial charge in [-0.25, -0.2) is 0 Å². The number of rotatable bonds is 6. The minimum atomic E-state index is -0.581. The van der Waals surface area contributed by atoms with Crippen molar-refractivity contribution in [3.05, 3.63) is 64.0 Å². The molecule has 106 valence electrons. The first kappa shape index (κ1) is 14.5. The fourth-order valence-electron chi connectivity index (χ4n) is 1.86. The van der Waals surface area contributed by atoms with Crippen LogP contribution in [0.2, 0.25) is 0 Å². The van der Waals surface area contributed by atoms with Gasteiger partial charge in [0.05, 0.1) is 17.6 Å². The zero-order valence-corrected chi connectivity index (χ0v) is 11.2. The minimum Gasteiger partial charge on any atom is -0.493 e. The number of ether oxygens (including phenoxy) is 1. The van der Waals surface area contributed by atoms with E-state index in [9.17, 15) is 10.1 Å². The number of pyridine rings is 1. The maximum atomic E-state index is 10.8. The summed E-state index contributed by atoms with van der Waals surface area (Å²) in [7, 11) is 0. The highest BCUT2D eigenvalue weighted by Gasteiger charge is 2.14. The number of nitrogens with zero attached hydrogens (tertiary/aromatic N) is 3. The molecule has 1 aromatic heterocycles. The third-order valence-corrected chi connectivity index (χ3v) is 2.91. The molecule has 0 aliphatic carbocycles. The predicted octanol–water partition coefficient (Wildman–Crippen LogP) is 2.87. The highest BCUT2D eigenvalue weighted by atomic mass is 16.6. The van der Waals surface area contributed by atoms with Gasteiger partial charge in [0.25, 0.3) is 5.69 Å². The maximum Gasteiger partial charge on any atom is 0.290 e. The van der Waals surface area contributed by atoms with Crippen molar-refractivity contribution in [2.45, 2.75) is 12.8 Å². The molecule has 0 saturated heterocycles. The van der Waals surface area contributed by atoms with Gasteiger partial charge in [-0.05, 0) is 42.7 Å². The summed E-state index contributed by atoms with van der Waals surface area (Å²) >= 11 is 0. The zero-order valence-electron chi connectivity index (χ0n) is 11.2. The van der Waals surface area contributed by atoms with Crippen molar-refractivity contribution in [3.63, 3.8) is 0 Å². The molecule has 0 fully saturated rings. The Kier molecular flexibility index (Phi) is 4.83. The lowest BCUT2D eigenvalue weighted by molar-refractivity contribution is -0.385. The first-order valence-electron chi connectivity index (χ1n) is 6.41. The Morgan fingerprint density at radius 2 is 2.05 bits per heavy atom. The Hall–Kier alpha value is -2.94. The average Bonchev–Trinajstić information content (AvgIpc) is 2.52. The van der Waals surface area contributed by atoms with E-state index in [-0.39, 0.29) is 11.3 Å². The molecule has 0 spiro atoms. The normalized spacial score (nSPS) is 9.86. The van der Waals surface area contributed by atoms with Crippen molar-refractivity contribution in [1.29, 1.82) is 5.26 Å².